The summed E-state index contributed by atoms with van der Waals surface area (Å²) < 4.78 is 0. The van der Waals surface area contributed by atoms with Gasteiger partial charge in [0, 0.05) is 25.2 Å². The molecule has 100 valence electrons. The second-order valence-corrected chi connectivity index (χ2v) is 4.84. The fourth-order valence-electron chi connectivity index (χ4n) is 1.86. The van der Waals surface area contributed by atoms with Crippen LogP contribution < -0.4 is 5.32 Å². The lowest BCUT2D eigenvalue weighted by Gasteiger charge is -2.20. The third-order valence-electron chi connectivity index (χ3n) is 2.79. The third kappa shape index (κ3) is 3.75. The van der Waals surface area contributed by atoms with Crippen LogP contribution in [0.4, 0.5) is 0 Å². The molecule has 1 N–H and O–H groups in total. The average Bonchev–Trinajstić information content (AvgIpc) is 2.60. The summed E-state index contributed by atoms with van der Waals surface area (Å²) in [4.78, 5) is 14.1. The SMILES string of the molecule is Cl.O=C(c1ccc(Cl)c(Cl)c1)N1CCCNCC1. The first kappa shape index (κ1) is 15.6. The molecular weight excluding hydrogens is 295 g/mol. The van der Waals surface area contributed by atoms with E-state index >= 15 is 0 Å². The Labute approximate surface area is 123 Å². The molecule has 1 amide bonds. The first-order chi connectivity index (χ1) is 8.18. The minimum absolute atomic E-state index is 0. The highest BCUT2D eigenvalue weighted by molar-refractivity contribution is 6.42. The van der Waals surface area contributed by atoms with Crippen LogP contribution in [0.25, 0.3) is 0 Å². The van der Waals surface area contributed by atoms with E-state index in [4.69, 9.17) is 23.2 Å². The molecule has 0 bridgehead atoms. The molecule has 0 aliphatic carbocycles. The van der Waals surface area contributed by atoms with E-state index in [1.807, 2.05) is 4.90 Å². The quantitative estimate of drug-likeness (QED) is 0.865. The first-order valence-corrected chi connectivity index (χ1v) is 6.39. The molecule has 0 radical (unpaired) electrons. The van der Waals surface area contributed by atoms with Gasteiger partial charge in [-0.15, -0.1) is 12.4 Å². The van der Waals surface area contributed by atoms with E-state index in [-0.39, 0.29) is 18.3 Å². The highest BCUT2D eigenvalue weighted by atomic mass is 35.5. The van der Waals surface area contributed by atoms with Crippen LogP contribution in [0.3, 0.4) is 0 Å². The number of carbonyl (C=O) groups excluding carboxylic acids is 1. The molecular formula is C12H15Cl3N2O. The number of hydrogen-bond donors (Lipinski definition) is 1. The van der Waals surface area contributed by atoms with E-state index in [9.17, 15) is 4.79 Å². The summed E-state index contributed by atoms with van der Waals surface area (Å²) in [5, 5.41) is 4.16. The largest absolute Gasteiger partial charge is 0.337 e. The molecule has 1 aromatic rings. The van der Waals surface area contributed by atoms with Gasteiger partial charge in [-0.1, -0.05) is 23.2 Å². The Kier molecular flexibility index (Phi) is 6.22. The van der Waals surface area contributed by atoms with Gasteiger partial charge in [-0.3, -0.25) is 4.79 Å². The van der Waals surface area contributed by atoms with Gasteiger partial charge in [-0.05, 0) is 31.2 Å². The summed E-state index contributed by atoms with van der Waals surface area (Å²) in [7, 11) is 0. The summed E-state index contributed by atoms with van der Waals surface area (Å²) in [5.41, 5.74) is 0.598. The zero-order valence-corrected chi connectivity index (χ0v) is 12.1. The van der Waals surface area contributed by atoms with Crippen molar-refractivity contribution in [2.45, 2.75) is 6.42 Å². The van der Waals surface area contributed by atoms with Gasteiger partial charge in [-0.25, -0.2) is 0 Å². The van der Waals surface area contributed by atoms with Crippen molar-refractivity contribution in [3.63, 3.8) is 0 Å². The fraction of sp³-hybridized carbons (Fsp3) is 0.417. The molecule has 1 heterocycles. The van der Waals surface area contributed by atoms with E-state index in [1.165, 1.54) is 0 Å². The van der Waals surface area contributed by atoms with Crippen molar-refractivity contribution < 1.29 is 4.79 Å². The summed E-state index contributed by atoms with van der Waals surface area (Å²) in [6.45, 7) is 3.32. The Bertz CT molecular complexity index is 418. The van der Waals surface area contributed by atoms with Crippen molar-refractivity contribution in [2.24, 2.45) is 0 Å². The molecule has 0 aromatic heterocycles. The molecule has 6 heteroatoms. The highest BCUT2D eigenvalue weighted by Crippen LogP contribution is 2.23. The van der Waals surface area contributed by atoms with Crippen LogP contribution in [0.15, 0.2) is 18.2 Å². The van der Waals surface area contributed by atoms with Gasteiger partial charge in [0.2, 0.25) is 0 Å². The molecule has 1 aromatic carbocycles. The minimum atomic E-state index is 0. The predicted octanol–water partition coefficient (Wildman–Crippen LogP) is 2.85. The standard InChI is InChI=1S/C12H14Cl2N2O.ClH/c13-10-3-2-9(8-11(10)14)12(17)16-6-1-4-15-5-7-16;/h2-3,8,15H,1,4-7H2;1H. The van der Waals surface area contributed by atoms with E-state index in [1.54, 1.807) is 18.2 Å². The van der Waals surface area contributed by atoms with E-state index < -0.39 is 0 Å². The van der Waals surface area contributed by atoms with E-state index in [0.717, 1.165) is 32.6 Å². The Hall–Kier alpha value is -0.480. The van der Waals surface area contributed by atoms with Crippen LogP contribution in [-0.2, 0) is 0 Å². The normalized spacial score (nSPS) is 15.8. The molecule has 1 saturated heterocycles. The maximum Gasteiger partial charge on any atom is 0.253 e. The van der Waals surface area contributed by atoms with Crippen LogP contribution in [-0.4, -0.2) is 37.0 Å². The molecule has 0 spiro atoms. The summed E-state index contributed by atoms with van der Waals surface area (Å²) in [5.74, 6) is 0.0206. The zero-order chi connectivity index (χ0) is 12.3. The van der Waals surface area contributed by atoms with Crippen molar-refractivity contribution in [3.05, 3.63) is 33.8 Å². The number of hydrogen-bond acceptors (Lipinski definition) is 2. The number of benzene rings is 1. The second kappa shape index (κ2) is 7.19. The van der Waals surface area contributed by atoms with Crippen LogP contribution >= 0.6 is 35.6 Å². The van der Waals surface area contributed by atoms with Gasteiger partial charge in [0.1, 0.15) is 0 Å². The van der Waals surface area contributed by atoms with Crippen LogP contribution in [0, 0.1) is 0 Å². The summed E-state index contributed by atoms with van der Waals surface area (Å²) in [6.07, 6.45) is 0.979. The zero-order valence-electron chi connectivity index (χ0n) is 9.79. The van der Waals surface area contributed by atoms with E-state index in [0.29, 0.717) is 15.6 Å². The second-order valence-electron chi connectivity index (χ2n) is 4.02. The minimum Gasteiger partial charge on any atom is -0.337 e. The Morgan fingerprint density at radius 2 is 1.94 bits per heavy atom. The van der Waals surface area contributed by atoms with Crippen molar-refractivity contribution >= 4 is 41.5 Å². The molecule has 0 saturated carbocycles. The smallest absolute Gasteiger partial charge is 0.253 e. The molecule has 0 unspecified atom stereocenters. The predicted molar refractivity (Wildman–Crippen MR) is 77.1 cm³/mol. The monoisotopic (exact) mass is 308 g/mol. The first-order valence-electron chi connectivity index (χ1n) is 5.63. The van der Waals surface area contributed by atoms with Crippen molar-refractivity contribution in [2.75, 3.05) is 26.2 Å². The van der Waals surface area contributed by atoms with Crippen LogP contribution in [0.1, 0.15) is 16.8 Å². The van der Waals surface area contributed by atoms with Gasteiger partial charge in [0.15, 0.2) is 0 Å². The third-order valence-corrected chi connectivity index (χ3v) is 3.53. The number of nitrogens with one attached hydrogen (secondary N) is 1. The van der Waals surface area contributed by atoms with Crippen LogP contribution in [0.5, 0.6) is 0 Å². The maximum atomic E-state index is 12.2. The summed E-state index contributed by atoms with van der Waals surface area (Å²) >= 11 is 11.7. The topological polar surface area (TPSA) is 32.3 Å². The molecule has 0 atom stereocenters. The average molecular weight is 310 g/mol. The lowest BCUT2D eigenvalue weighted by molar-refractivity contribution is 0.0766. The molecule has 1 aliphatic rings. The maximum absolute atomic E-state index is 12.2. The molecule has 1 aliphatic heterocycles. The van der Waals surface area contributed by atoms with Crippen molar-refractivity contribution in [1.82, 2.24) is 10.2 Å². The Balaban J connectivity index is 0.00000162. The van der Waals surface area contributed by atoms with Gasteiger partial charge >= 0.3 is 0 Å². The Morgan fingerprint density at radius 3 is 2.67 bits per heavy atom. The number of rotatable bonds is 1. The lowest BCUT2D eigenvalue weighted by atomic mass is 10.2. The van der Waals surface area contributed by atoms with E-state index in [2.05, 4.69) is 5.32 Å². The molecule has 3 nitrogen and oxygen atoms in total. The number of carbonyl (C=O) groups is 1. The van der Waals surface area contributed by atoms with Crippen molar-refractivity contribution in [3.8, 4) is 0 Å². The highest BCUT2D eigenvalue weighted by Gasteiger charge is 2.17. The molecule has 18 heavy (non-hydrogen) atoms. The lowest BCUT2D eigenvalue weighted by Crippen LogP contribution is -2.34. The Morgan fingerprint density at radius 1 is 1.17 bits per heavy atom. The van der Waals surface area contributed by atoms with Crippen LogP contribution in [0.2, 0.25) is 10.0 Å². The molecule has 1 fully saturated rings. The number of nitrogens with zero attached hydrogens (tertiary/aromatic N) is 1. The van der Waals surface area contributed by atoms with Gasteiger partial charge in [-0.2, -0.15) is 0 Å². The number of amides is 1. The van der Waals surface area contributed by atoms with Gasteiger partial charge in [0.25, 0.3) is 5.91 Å². The number of halogens is 3. The summed E-state index contributed by atoms with van der Waals surface area (Å²) in [6, 6.07) is 5.01. The molecule has 2 rings (SSSR count). The van der Waals surface area contributed by atoms with Gasteiger partial charge < -0.3 is 10.2 Å². The fourth-order valence-corrected chi connectivity index (χ4v) is 2.16. The van der Waals surface area contributed by atoms with Gasteiger partial charge in [0.05, 0.1) is 10.0 Å². The van der Waals surface area contributed by atoms with Crippen molar-refractivity contribution in [1.29, 1.82) is 0 Å².